The molecule has 1 unspecified atom stereocenters. The van der Waals surface area contributed by atoms with E-state index in [0.717, 1.165) is 24.8 Å². The van der Waals surface area contributed by atoms with Crippen molar-refractivity contribution < 1.29 is 14.4 Å². The monoisotopic (exact) mass is 381 g/mol. The zero-order valence-corrected chi connectivity index (χ0v) is 16.1. The van der Waals surface area contributed by atoms with E-state index in [9.17, 15) is 14.4 Å². The van der Waals surface area contributed by atoms with Crippen LogP contribution in [0.2, 0.25) is 0 Å². The Morgan fingerprint density at radius 2 is 2.00 bits per heavy atom. The van der Waals surface area contributed by atoms with Crippen LogP contribution in [0.5, 0.6) is 0 Å². The van der Waals surface area contributed by atoms with Gasteiger partial charge >= 0.3 is 0 Å². The Hall–Kier alpha value is -2.50. The molecule has 2 aliphatic heterocycles. The molecule has 1 amide bonds. The summed E-state index contributed by atoms with van der Waals surface area (Å²) in [6.07, 6.45) is 16.5. The third-order valence-electron chi connectivity index (χ3n) is 6.23. The number of amidine groups is 1. The topological polar surface area (TPSA) is 78.8 Å². The van der Waals surface area contributed by atoms with Crippen LogP contribution in [0.1, 0.15) is 51.4 Å². The Morgan fingerprint density at radius 1 is 1.18 bits per heavy atom. The van der Waals surface area contributed by atoms with E-state index in [4.69, 9.17) is 0 Å². The number of ketones is 2. The molecule has 2 atom stereocenters. The van der Waals surface area contributed by atoms with Crippen LogP contribution in [-0.2, 0) is 14.4 Å². The van der Waals surface area contributed by atoms with Gasteiger partial charge < -0.3 is 10.2 Å². The van der Waals surface area contributed by atoms with E-state index in [0.29, 0.717) is 18.9 Å². The van der Waals surface area contributed by atoms with Crippen LogP contribution in [0.15, 0.2) is 41.2 Å². The SMILES string of the molecule is O=C1CC=CN=C1NC(=O)[C@H](CC1CCCCC1)N1C=C2C=CCC(=O)C2C1. The van der Waals surface area contributed by atoms with Gasteiger partial charge in [0.2, 0.25) is 11.7 Å². The number of hydrogen-bond acceptors (Lipinski definition) is 5. The third kappa shape index (κ3) is 4.01. The van der Waals surface area contributed by atoms with Crippen LogP contribution >= 0.6 is 0 Å². The summed E-state index contributed by atoms with van der Waals surface area (Å²) in [4.78, 5) is 43.5. The molecule has 4 rings (SSSR count). The average Bonchev–Trinajstić information content (AvgIpc) is 3.14. The molecule has 1 saturated carbocycles. The van der Waals surface area contributed by atoms with E-state index in [-0.39, 0.29) is 41.7 Å². The van der Waals surface area contributed by atoms with Gasteiger partial charge in [-0.15, -0.1) is 0 Å². The van der Waals surface area contributed by atoms with Gasteiger partial charge in [-0.1, -0.05) is 50.3 Å². The second kappa shape index (κ2) is 8.25. The zero-order chi connectivity index (χ0) is 19.5. The lowest BCUT2D eigenvalue weighted by molar-refractivity contribution is -0.126. The molecular formula is C22H27N3O3. The molecule has 0 aromatic rings. The molecule has 28 heavy (non-hydrogen) atoms. The Balaban J connectivity index is 1.52. The second-order valence-corrected chi connectivity index (χ2v) is 8.19. The standard InChI is InChI=1S/C22H27N3O3/c26-19-9-4-8-16-13-25(14-17(16)19)18(12-15-6-2-1-3-7-15)22(28)24-21-20(27)10-5-11-23-21/h4-5,8,11,13,15,17-18H,1-3,6-7,9-10,12,14H2,(H,23,24,28)/t17?,18-/m0/s1. The zero-order valence-electron chi connectivity index (χ0n) is 16.1. The van der Waals surface area contributed by atoms with Crippen LogP contribution < -0.4 is 5.32 Å². The fourth-order valence-corrected chi connectivity index (χ4v) is 4.66. The van der Waals surface area contributed by atoms with Crippen LogP contribution in [0, 0.1) is 11.8 Å². The highest BCUT2D eigenvalue weighted by molar-refractivity contribution is 6.42. The molecule has 1 N–H and O–H groups in total. The van der Waals surface area contributed by atoms with Gasteiger partial charge in [-0.3, -0.25) is 14.4 Å². The lowest BCUT2D eigenvalue weighted by Gasteiger charge is -2.32. The van der Waals surface area contributed by atoms with Crippen LogP contribution in [0.25, 0.3) is 0 Å². The highest BCUT2D eigenvalue weighted by atomic mass is 16.2. The van der Waals surface area contributed by atoms with Crippen molar-refractivity contribution in [1.82, 2.24) is 10.2 Å². The summed E-state index contributed by atoms with van der Waals surface area (Å²) >= 11 is 0. The minimum Gasteiger partial charge on any atom is -0.364 e. The number of carbonyl (C=O) groups is 3. The van der Waals surface area contributed by atoms with E-state index in [1.807, 2.05) is 23.3 Å². The van der Waals surface area contributed by atoms with Gasteiger partial charge in [0.05, 0.1) is 5.92 Å². The average molecular weight is 381 g/mol. The number of nitrogens with zero attached hydrogens (tertiary/aromatic N) is 2. The molecule has 6 nitrogen and oxygen atoms in total. The van der Waals surface area contributed by atoms with Gasteiger partial charge in [0.15, 0.2) is 5.84 Å². The van der Waals surface area contributed by atoms with E-state index in [2.05, 4.69) is 10.3 Å². The van der Waals surface area contributed by atoms with E-state index >= 15 is 0 Å². The van der Waals surface area contributed by atoms with E-state index in [1.165, 1.54) is 19.3 Å². The first-order valence-corrected chi connectivity index (χ1v) is 10.4. The fraction of sp³-hybridized carbons (Fsp3) is 0.545. The number of fused-ring (bicyclic) bond motifs is 1. The normalized spacial score (nSPS) is 26.0. The number of carbonyl (C=O) groups excluding carboxylic acids is 3. The predicted molar refractivity (Wildman–Crippen MR) is 106 cm³/mol. The molecule has 2 heterocycles. The highest BCUT2D eigenvalue weighted by Crippen LogP contribution is 2.33. The van der Waals surface area contributed by atoms with Crippen molar-refractivity contribution in [2.24, 2.45) is 16.8 Å². The first-order chi connectivity index (χ1) is 13.6. The summed E-state index contributed by atoms with van der Waals surface area (Å²) in [6, 6.07) is -0.385. The van der Waals surface area contributed by atoms with Crippen molar-refractivity contribution in [2.45, 2.75) is 57.4 Å². The van der Waals surface area contributed by atoms with Crippen LogP contribution in [-0.4, -0.2) is 40.8 Å². The van der Waals surface area contributed by atoms with Gasteiger partial charge in [0.1, 0.15) is 11.8 Å². The number of aliphatic imine (C=N–C) groups is 1. The van der Waals surface area contributed by atoms with Crippen molar-refractivity contribution in [3.63, 3.8) is 0 Å². The molecular weight excluding hydrogens is 354 g/mol. The molecule has 0 aromatic heterocycles. The first-order valence-electron chi connectivity index (χ1n) is 10.4. The Labute approximate surface area is 165 Å². The molecule has 6 heteroatoms. The van der Waals surface area contributed by atoms with Crippen molar-refractivity contribution in [3.8, 4) is 0 Å². The van der Waals surface area contributed by atoms with Gasteiger partial charge in [0, 0.05) is 31.8 Å². The summed E-state index contributed by atoms with van der Waals surface area (Å²) in [5, 5.41) is 2.76. The van der Waals surface area contributed by atoms with E-state index in [1.54, 1.807) is 12.3 Å². The van der Waals surface area contributed by atoms with Gasteiger partial charge in [-0.25, -0.2) is 4.99 Å². The molecule has 1 fully saturated rings. The van der Waals surface area contributed by atoms with Crippen molar-refractivity contribution in [3.05, 3.63) is 36.2 Å². The largest absolute Gasteiger partial charge is 0.364 e. The van der Waals surface area contributed by atoms with Crippen molar-refractivity contribution in [1.29, 1.82) is 0 Å². The maximum Gasteiger partial charge on any atom is 0.248 e. The number of nitrogens with one attached hydrogen (secondary N) is 1. The smallest absolute Gasteiger partial charge is 0.248 e. The summed E-state index contributed by atoms with van der Waals surface area (Å²) in [6.45, 7) is 0.545. The molecule has 0 saturated heterocycles. The van der Waals surface area contributed by atoms with Crippen LogP contribution in [0.4, 0.5) is 0 Å². The maximum absolute atomic E-state index is 13.2. The minimum atomic E-state index is -0.385. The van der Waals surface area contributed by atoms with Gasteiger partial charge in [-0.05, 0) is 17.9 Å². The van der Waals surface area contributed by atoms with E-state index < -0.39 is 0 Å². The third-order valence-corrected chi connectivity index (χ3v) is 6.23. The molecule has 0 aromatic carbocycles. The fourth-order valence-electron chi connectivity index (χ4n) is 4.66. The number of hydrogen-bond donors (Lipinski definition) is 1. The first kappa shape index (κ1) is 18.8. The van der Waals surface area contributed by atoms with Crippen LogP contribution in [0.3, 0.4) is 0 Å². The molecule has 0 bridgehead atoms. The highest BCUT2D eigenvalue weighted by Gasteiger charge is 2.37. The summed E-state index contributed by atoms with van der Waals surface area (Å²) in [5.74, 6) is 0.342. The Bertz CT molecular complexity index is 787. The number of Topliss-reactive ketones (excluding diaryl/α,β-unsaturated/α-hetero) is 2. The summed E-state index contributed by atoms with van der Waals surface area (Å²) in [5.41, 5.74) is 0.992. The Morgan fingerprint density at radius 3 is 2.75 bits per heavy atom. The quantitative estimate of drug-likeness (QED) is 0.812. The Kier molecular flexibility index (Phi) is 5.55. The van der Waals surface area contributed by atoms with Gasteiger partial charge in [-0.2, -0.15) is 0 Å². The second-order valence-electron chi connectivity index (χ2n) is 8.19. The molecule has 148 valence electrons. The summed E-state index contributed by atoms with van der Waals surface area (Å²) < 4.78 is 0. The number of rotatable bonds is 4. The molecule has 4 aliphatic rings. The number of allylic oxidation sites excluding steroid dienone is 3. The lowest BCUT2D eigenvalue weighted by Crippen LogP contribution is -2.49. The molecule has 0 radical (unpaired) electrons. The van der Waals surface area contributed by atoms with Crippen molar-refractivity contribution in [2.75, 3.05) is 6.54 Å². The summed E-state index contributed by atoms with van der Waals surface area (Å²) in [7, 11) is 0. The number of amides is 1. The lowest BCUT2D eigenvalue weighted by atomic mass is 9.84. The van der Waals surface area contributed by atoms with Crippen molar-refractivity contribution >= 4 is 23.3 Å². The molecule has 2 aliphatic carbocycles. The maximum atomic E-state index is 13.2. The molecule has 0 spiro atoms. The predicted octanol–water partition coefficient (Wildman–Crippen LogP) is 2.67. The van der Waals surface area contributed by atoms with Gasteiger partial charge in [0.25, 0.3) is 0 Å². The minimum absolute atomic E-state index is 0.126.